The zero-order valence-corrected chi connectivity index (χ0v) is 15.4. The summed E-state index contributed by atoms with van der Waals surface area (Å²) < 4.78 is 51.7. The Labute approximate surface area is 108 Å². The third-order valence-electron chi connectivity index (χ3n) is 0. The summed E-state index contributed by atoms with van der Waals surface area (Å²) in [5.41, 5.74) is 0. The second kappa shape index (κ2) is 13.1. The van der Waals surface area contributed by atoms with Crippen LogP contribution in [0, 0.1) is 0 Å². The van der Waals surface area contributed by atoms with Crippen molar-refractivity contribution in [3.05, 3.63) is 0 Å². The molecule has 0 unspecified atom stereocenters. The van der Waals surface area contributed by atoms with E-state index in [1.54, 1.807) is 0 Å². The third kappa shape index (κ3) is 124. The van der Waals surface area contributed by atoms with Crippen LogP contribution in [0.25, 0.3) is 0 Å². The molecule has 0 aliphatic heterocycles. The van der Waals surface area contributed by atoms with E-state index in [1.165, 1.54) is 0 Å². The molecule has 0 saturated carbocycles. The molecule has 0 aliphatic carbocycles. The summed E-state index contributed by atoms with van der Waals surface area (Å²) in [6, 6.07) is 0. The maximum absolute atomic E-state index is 8.62. The quantitative estimate of drug-likeness (QED) is 0.247. The summed E-state index contributed by atoms with van der Waals surface area (Å²) in [7, 11) is 0. The van der Waals surface area contributed by atoms with Gasteiger partial charge in [-0.05, 0) is 0 Å². The Bertz CT molecular complexity index is 128. The van der Waals surface area contributed by atoms with Crippen molar-refractivity contribution in [1.29, 1.82) is 0 Å². The molecule has 0 rings (SSSR count). The molecular formula is BaBi2O6. The first-order valence-electron chi connectivity index (χ1n) is 1.10. The molecule has 0 saturated heterocycles. The van der Waals surface area contributed by atoms with Crippen molar-refractivity contribution in [3.63, 3.8) is 0 Å². The van der Waals surface area contributed by atoms with Gasteiger partial charge in [0.1, 0.15) is 0 Å². The summed E-state index contributed by atoms with van der Waals surface area (Å²) in [5, 5.41) is 0. The van der Waals surface area contributed by atoms with Crippen molar-refractivity contribution in [2.75, 3.05) is 0 Å². The second-order valence-corrected chi connectivity index (χ2v) is 3.92. The molecule has 9 heavy (non-hydrogen) atoms. The van der Waals surface area contributed by atoms with Gasteiger partial charge in [0.05, 0.1) is 0 Å². The fourth-order valence-corrected chi connectivity index (χ4v) is 0. The molecule has 9 heteroatoms. The molecule has 0 amide bonds. The fourth-order valence-electron chi connectivity index (χ4n) is 0. The van der Waals surface area contributed by atoms with Gasteiger partial charge in [0.15, 0.2) is 0 Å². The Kier molecular flexibility index (Phi) is 25.5. The summed E-state index contributed by atoms with van der Waals surface area (Å²) in [5.74, 6) is 0. The molecule has 48 valence electrons. The van der Waals surface area contributed by atoms with Gasteiger partial charge in [-0.1, -0.05) is 0 Å². The molecule has 0 N–H and O–H groups in total. The van der Waals surface area contributed by atoms with Gasteiger partial charge in [-0.2, -0.15) is 0 Å². The van der Waals surface area contributed by atoms with Crippen molar-refractivity contribution in [1.82, 2.24) is 0 Å². The fraction of sp³-hybridized carbons (Fsp3) is 0. The predicted octanol–water partition coefficient (Wildman–Crippen LogP) is -4.00. The first kappa shape index (κ1) is 17.5. The molecule has 0 aliphatic rings. The summed E-state index contributed by atoms with van der Waals surface area (Å²) in [4.78, 5) is 0. The molecule has 0 aromatic rings. The van der Waals surface area contributed by atoms with E-state index in [2.05, 4.69) is 0 Å². The van der Waals surface area contributed by atoms with Crippen molar-refractivity contribution < 1.29 is 17.6 Å². The number of hydrogen-bond donors (Lipinski definition) is 0. The second-order valence-electron chi connectivity index (χ2n) is 0.447. The average molecular weight is 651 g/mol. The van der Waals surface area contributed by atoms with E-state index in [4.69, 9.17) is 17.6 Å². The zero-order chi connectivity index (χ0) is 7.15. The van der Waals surface area contributed by atoms with E-state index in [0.29, 0.717) is 0 Å². The van der Waals surface area contributed by atoms with Crippen LogP contribution < -0.4 is 6.37 Å². The van der Waals surface area contributed by atoms with Gasteiger partial charge in [-0.25, -0.2) is 0 Å². The van der Waals surface area contributed by atoms with Gasteiger partial charge in [0.2, 0.25) is 0 Å². The van der Waals surface area contributed by atoms with Crippen LogP contribution in [0.3, 0.4) is 0 Å². The summed E-state index contributed by atoms with van der Waals surface area (Å²) in [6.07, 6.45) is 0. The minimum atomic E-state index is -4.34. The van der Waals surface area contributed by atoms with Crippen molar-refractivity contribution >= 4 is 93.3 Å². The molecular weight excluding hydrogens is 651 g/mol. The van der Waals surface area contributed by atoms with Gasteiger partial charge in [-0.15, -0.1) is 0 Å². The van der Waals surface area contributed by atoms with Crippen LogP contribution in [0.1, 0.15) is 0 Å². The van der Waals surface area contributed by atoms with E-state index >= 15 is 0 Å². The average Bonchev–Trinajstić information content (AvgIpc) is 1.25. The summed E-state index contributed by atoms with van der Waals surface area (Å²) >= 11 is -8.69. The van der Waals surface area contributed by atoms with Crippen LogP contribution in [-0.2, 0) is 11.3 Å². The van der Waals surface area contributed by atoms with Crippen LogP contribution in [0.5, 0.6) is 0 Å². The van der Waals surface area contributed by atoms with Gasteiger partial charge in [-0.3, -0.25) is 0 Å². The number of rotatable bonds is 0. The Morgan fingerprint density at radius 2 is 0.778 bits per heavy atom. The Balaban J connectivity index is -0.0000000720. The van der Waals surface area contributed by atoms with E-state index < -0.39 is 44.4 Å². The molecule has 0 radical (unpaired) electrons. The van der Waals surface area contributed by atoms with Gasteiger partial charge >= 0.3 is 111 Å². The van der Waals surface area contributed by atoms with Crippen molar-refractivity contribution in [2.45, 2.75) is 0 Å². The number of hydrogen-bond acceptors (Lipinski definition) is 6. The van der Waals surface area contributed by atoms with Crippen molar-refractivity contribution in [2.24, 2.45) is 0 Å². The monoisotopic (exact) mass is 652 g/mol. The first-order valence-corrected chi connectivity index (χ1v) is 9.61. The van der Waals surface area contributed by atoms with Gasteiger partial charge in [0, 0.05) is 0 Å². The van der Waals surface area contributed by atoms with E-state index in [0.717, 1.165) is 0 Å². The maximum atomic E-state index is 8.62. The van der Waals surface area contributed by atoms with Crippen LogP contribution in [-0.4, -0.2) is 93.3 Å². The molecule has 6 nitrogen and oxygen atoms in total. The zero-order valence-electron chi connectivity index (χ0n) is 4.05. The molecule has 0 spiro atoms. The van der Waals surface area contributed by atoms with Gasteiger partial charge < -0.3 is 0 Å². The Morgan fingerprint density at radius 1 is 0.778 bits per heavy atom. The van der Waals surface area contributed by atoms with Crippen LogP contribution >= 0.6 is 0 Å². The molecule has 0 bridgehead atoms. The SMILES string of the molecule is [Ba+2].[O]=[Bi](=[O])[O-].[O]=[Bi](=[O])[O-]. The van der Waals surface area contributed by atoms with E-state index in [-0.39, 0.29) is 48.9 Å². The Hall–Kier alpha value is 2.46. The van der Waals surface area contributed by atoms with E-state index in [1.807, 2.05) is 0 Å². The topological polar surface area (TPSA) is 114 Å². The Morgan fingerprint density at radius 3 is 0.778 bits per heavy atom. The molecule has 0 atom stereocenters. The molecule has 0 heterocycles. The normalized spacial score (nSPS) is 5.56. The van der Waals surface area contributed by atoms with Crippen LogP contribution in [0.4, 0.5) is 0 Å². The minimum absolute atomic E-state index is 0. The third-order valence-corrected chi connectivity index (χ3v) is 0. The van der Waals surface area contributed by atoms with Gasteiger partial charge in [0.25, 0.3) is 0 Å². The van der Waals surface area contributed by atoms with Crippen LogP contribution in [0.2, 0.25) is 0 Å². The van der Waals surface area contributed by atoms with Crippen LogP contribution in [0.15, 0.2) is 0 Å². The standard InChI is InChI=1S/Ba.2Bi.6O/q+2;;;;;;;2*-1. The van der Waals surface area contributed by atoms with Crippen molar-refractivity contribution in [3.8, 4) is 0 Å². The first-order chi connectivity index (χ1) is 3.46. The molecule has 0 fully saturated rings. The van der Waals surface area contributed by atoms with E-state index in [9.17, 15) is 0 Å². The molecule has 0 aromatic heterocycles. The molecule has 0 aromatic carbocycles. The summed E-state index contributed by atoms with van der Waals surface area (Å²) in [6.45, 7) is 0. The predicted molar refractivity (Wildman–Crippen MR) is 20.0 cm³/mol.